The Morgan fingerprint density at radius 2 is 2.06 bits per heavy atom. The minimum atomic E-state index is 0.647. The van der Waals surface area contributed by atoms with Crippen LogP contribution in [0.2, 0.25) is 0 Å². The number of aromatic amines is 1. The molecule has 1 unspecified atom stereocenters. The van der Waals surface area contributed by atoms with Gasteiger partial charge in [0, 0.05) is 29.7 Å². The smallest absolute Gasteiger partial charge is 0.0457 e. The second kappa shape index (κ2) is 5.87. The Morgan fingerprint density at radius 1 is 1.24 bits per heavy atom. The SMILES string of the molecule is CCCC(CC)NCc1c[nH]c2ccccc12. The van der Waals surface area contributed by atoms with E-state index in [2.05, 4.69) is 54.6 Å². The molecular formula is C15H22N2. The van der Waals surface area contributed by atoms with Crippen LogP contribution in [0.15, 0.2) is 30.5 Å². The number of fused-ring (bicyclic) bond motifs is 1. The Hall–Kier alpha value is -1.28. The predicted molar refractivity (Wildman–Crippen MR) is 74.1 cm³/mol. The summed E-state index contributed by atoms with van der Waals surface area (Å²) in [5.41, 5.74) is 2.60. The Balaban J connectivity index is 2.03. The summed E-state index contributed by atoms with van der Waals surface area (Å²) in [7, 11) is 0. The number of para-hydroxylation sites is 1. The second-order valence-corrected chi connectivity index (χ2v) is 4.63. The van der Waals surface area contributed by atoms with E-state index in [9.17, 15) is 0 Å². The molecule has 0 aliphatic heterocycles. The van der Waals surface area contributed by atoms with Gasteiger partial charge in [0.25, 0.3) is 0 Å². The molecule has 0 radical (unpaired) electrons. The van der Waals surface area contributed by atoms with Crippen LogP contribution in [-0.2, 0) is 6.54 Å². The fourth-order valence-corrected chi connectivity index (χ4v) is 2.33. The molecule has 92 valence electrons. The van der Waals surface area contributed by atoms with Crippen LogP contribution in [0.25, 0.3) is 10.9 Å². The lowest BCUT2D eigenvalue weighted by Crippen LogP contribution is -2.27. The molecule has 2 heteroatoms. The van der Waals surface area contributed by atoms with Crippen LogP contribution >= 0.6 is 0 Å². The average molecular weight is 230 g/mol. The maximum Gasteiger partial charge on any atom is 0.0457 e. The Labute approximate surface area is 103 Å². The first-order valence-electron chi connectivity index (χ1n) is 6.63. The molecule has 0 fully saturated rings. The van der Waals surface area contributed by atoms with E-state index in [0.29, 0.717) is 6.04 Å². The molecule has 0 aliphatic carbocycles. The maximum atomic E-state index is 3.64. The monoisotopic (exact) mass is 230 g/mol. The summed E-state index contributed by atoms with van der Waals surface area (Å²) < 4.78 is 0. The summed E-state index contributed by atoms with van der Waals surface area (Å²) in [6.07, 6.45) is 5.84. The lowest BCUT2D eigenvalue weighted by Gasteiger charge is -2.15. The van der Waals surface area contributed by atoms with Crippen LogP contribution in [0.4, 0.5) is 0 Å². The summed E-state index contributed by atoms with van der Waals surface area (Å²) in [5.74, 6) is 0. The van der Waals surface area contributed by atoms with E-state index in [1.165, 1.54) is 35.7 Å². The van der Waals surface area contributed by atoms with Gasteiger partial charge in [-0.25, -0.2) is 0 Å². The van der Waals surface area contributed by atoms with Crippen molar-refractivity contribution in [3.05, 3.63) is 36.0 Å². The van der Waals surface area contributed by atoms with Crippen LogP contribution in [0.1, 0.15) is 38.7 Å². The third-order valence-electron chi connectivity index (χ3n) is 3.39. The standard InChI is InChI=1S/C15H22N2/c1-3-7-13(4-2)16-10-12-11-17-15-9-6-5-8-14(12)15/h5-6,8-9,11,13,16-17H,3-4,7,10H2,1-2H3. The molecule has 2 N–H and O–H groups in total. The molecule has 1 aromatic carbocycles. The van der Waals surface area contributed by atoms with E-state index in [0.717, 1.165) is 6.54 Å². The fourth-order valence-electron chi connectivity index (χ4n) is 2.33. The molecule has 0 saturated heterocycles. The van der Waals surface area contributed by atoms with Crippen molar-refractivity contribution in [2.45, 2.75) is 45.7 Å². The molecule has 1 heterocycles. The van der Waals surface area contributed by atoms with E-state index in [1.807, 2.05) is 0 Å². The van der Waals surface area contributed by atoms with Gasteiger partial charge in [0.1, 0.15) is 0 Å². The summed E-state index contributed by atoms with van der Waals surface area (Å²) in [4.78, 5) is 3.32. The first-order valence-corrected chi connectivity index (χ1v) is 6.63. The van der Waals surface area contributed by atoms with E-state index >= 15 is 0 Å². The third-order valence-corrected chi connectivity index (χ3v) is 3.39. The van der Waals surface area contributed by atoms with Crippen LogP contribution < -0.4 is 5.32 Å². The number of H-pyrrole nitrogens is 1. The molecule has 2 nitrogen and oxygen atoms in total. The Morgan fingerprint density at radius 3 is 2.82 bits per heavy atom. The normalized spacial score (nSPS) is 13.1. The molecule has 0 spiro atoms. The molecule has 0 saturated carbocycles. The molecule has 2 aromatic rings. The number of hydrogen-bond donors (Lipinski definition) is 2. The van der Waals surface area contributed by atoms with E-state index in [4.69, 9.17) is 0 Å². The van der Waals surface area contributed by atoms with Gasteiger partial charge in [-0.15, -0.1) is 0 Å². The molecule has 0 bridgehead atoms. The number of aromatic nitrogens is 1. The Bertz CT molecular complexity index is 459. The van der Waals surface area contributed by atoms with Crippen molar-refractivity contribution < 1.29 is 0 Å². The molecule has 0 aliphatic rings. The molecular weight excluding hydrogens is 208 g/mol. The van der Waals surface area contributed by atoms with Gasteiger partial charge in [-0.3, -0.25) is 0 Å². The van der Waals surface area contributed by atoms with Gasteiger partial charge in [0.15, 0.2) is 0 Å². The first-order chi connectivity index (χ1) is 8.35. The zero-order valence-corrected chi connectivity index (χ0v) is 10.8. The lowest BCUT2D eigenvalue weighted by atomic mass is 10.1. The predicted octanol–water partition coefficient (Wildman–Crippen LogP) is 3.84. The summed E-state index contributed by atoms with van der Waals surface area (Å²) in [6, 6.07) is 9.13. The summed E-state index contributed by atoms with van der Waals surface area (Å²) in [6.45, 7) is 5.46. The summed E-state index contributed by atoms with van der Waals surface area (Å²) in [5, 5.41) is 4.98. The quantitative estimate of drug-likeness (QED) is 0.775. The second-order valence-electron chi connectivity index (χ2n) is 4.63. The molecule has 2 rings (SSSR count). The highest BCUT2D eigenvalue weighted by molar-refractivity contribution is 5.82. The molecule has 17 heavy (non-hydrogen) atoms. The van der Waals surface area contributed by atoms with E-state index < -0.39 is 0 Å². The van der Waals surface area contributed by atoms with Gasteiger partial charge in [0.05, 0.1) is 0 Å². The van der Waals surface area contributed by atoms with Crippen molar-refractivity contribution in [2.24, 2.45) is 0 Å². The number of benzene rings is 1. The Kier molecular flexibility index (Phi) is 4.21. The minimum Gasteiger partial charge on any atom is -0.361 e. The average Bonchev–Trinajstić information content (AvgIpc) is 2.78. The number of nitrogens with one attached hydrogen (secondary N) is 2. The van der Waals surface area contributed by atoms with Crippen molar-refractivity contribution in [1.29, 1.82) is 0 Å². The largest absolute Gasteiger partial charge is 0.361 e. The van der Waals surface area contributed by atoms with Crippen LogP contribution in [-0.4, -0.2) is 11.0 Å². The van der Waals surface area contributed by atoms with Gasteiger partial charge in [0.2, 0.25) is 0 Å². The molecule has 1 aromatic heterocycles. The van der Waals surface area contributed by atoms with Crippen molar-refractivity contribution in [3.8, 4) is 0 Å². The van der Waals surface area contributed by atoms with Gasteiger partial charge < -0.3 is 10.3 Å². The van der Waals surface area contributed by atoms with E-state index in [1.54, 1.807) is 0 Å². The van der Waals surface area contributed by atoms with Crippen molar-refractivity contribution in [3.63, 3.8) is 0 Å². The van der Waals surface area contributed by atoms with Crippen molar-refractivity contribution in [2.75, 3.05) is 0 Å². The molecule has 0 amide bonds. The van der Waals surface area contributed by atoms with Crippen LogP contribution in [0.3, 0.4) is 0 Å². The number of hydrogen-bond acceptors (Lipinski definition) is 1. The highest BCUT2D eigenvalue weighted by atomic mass is 14.9. The van der Waals surface area contributed by atoms with Crippen LogP contribution in [0, 0.1) is 0 Å². The summed E-state index contributed by atoms with van der Waals surface area (Å²) >= 11 is 0. The molecule has 1 atom stereocenters. The van der Waals surface area contributed by atoms with Gasteiger partial charge in [-0.05, 0) is 24.5 Å². The van der Waals surface area contributed by atoms with Crippen LogP contribution in [0.5, 0.6) is 0 Å². The highest BCUT2D eigenvalue weighted by Gasteiger charge is 2.06. The van der Waals surface area contributed by atoms with Gasteiger partial charge in [-0.1, -0.05) is 38.5 Å². The van der Waals surface area contributed by atoms with Crippen molar-refractivity contribution >= 4 is 10.9 Å². The lowest BCUT2D eigenvalue weighted by molar-refractivity contribution is 0.463. The van der Waals surface area contributed by atoms with Crippen molar-refractivity contribution in [1.82, 2.24) is 10.3 Å². The fraction of sp³-hybridized carbons (Fsp3) is 0.467. The van der Waals surface area contributed by atoms with Gasteiger partial charge in [-0.2, -0.15) is 0 Å². The topological polar surface area (TPSA) is 27.8 Å². The highest BCUT2D eigenvalue weighted by Crippen LogP contribution is 2.17. The third kappa shape index (κ3) is 2.89. The minimum absolute atomic E-state index is 0.647. The van der Waals surface area contributed by atoms with Gasteiger partial charge >= 0.3 is 0 Å². The van der Waals surface area contributed by atoms with E-state index in [-0.39, 0.29) is 0 Å². The maximum absolute atomic E-state index is 3.64. The zero-order chi connectivity index (χ0) is 12.1. The number of rotatable bonds is 6. The zero-order valence-electron chi connectivity index (χ0n) is 10.8. The first kappa shape index (κ1) is 12.2.